The molecule has 1 amide bonds. The largest absolute Gasteiger partial charge is 0.497 e. The van der Waals surface area contributed by atoms with Crippen LogP contribution in [0.1, 0.15) is 46.4 Å². The summed E-state index contributed by atoms with van der Waals surface area (Å²) in [5.74, 6) is 1.46. The molecule has 4 rings (SSSR count). The summed E-state index contributed by atoms with van der Waals surface area (Å²) in [6.45, 7) is 1.24. The second kappa shape index (κ2) is 7.06. The van der Waals surface area contributed by atoms with Crippen molar-refractivity contribution >= 4 is 11.7 Å². The molecule has 0 radical (unpaired) electrons. The Morgan fingerprint density at radius 2 is 1.96 bits per heavy atom. The zero-order valence-corrected chi connectivity index (χ0v) is 15.4. The molecule has 1 unspecified atom stereocenters. The summed E-state index contributed by atoms with van der Waals surface area (Å²) in [4.78, 5) is 27.4. The second-order valence-electron chi connectivity index (χ2n) is 7.26. The molecule has 1 spiro atoms. The first-order valence-electron chi connectivity index (χ1n) is 9.35. The molecule has 0 aliphatic carbocycles. The molecule has 5 heteroatoms. The van der Waals surface area contributed by atoms with Gasteiger partial charge in [-0.2, -0.15) is 0 Å². The van der Waals surface area contributed by atoms with Crippen LogP contribution >= 0.6 is 0 Å². The SMILES string of the molecule is COc1cccc(C(=O)N2CCCC3(CC2)CC(=O)c2ccccc2O3)c1. The average molecular weight is 365 g/mol. The second-order valence-corrected chi connectivity index (χ2v) is 7.26. The van der Waals surface area contributed by atoms with Crippen molar-refractivity contribution in [3.05, 3.63) is 59.7 Å². The first kappa shape index (κ1) is 17.6. The van der Waals surface area contributed by atoms with Crippen LogP contribution in [0.4, 0.5) is 0 Å². The van der Waals surface area contributed by atoms with Crippen molar-refractivity contribution < 1.29 is 19.1 Å². The van der Waals surface area contributed by atoms with E-state index >= 15 is 0 Å². The number of rotatable bonds is 2. The number of methoxy groups -OCH3 is 1. The van der Waals surface area contributed by atoms with Crippen molar-refractivity contribution in [2.45, 2.75) is 31.3 Å². The molecule has 5 nitrogen and oxygen atoms in total. The van der Waals surface area contributed by atoms with E-state index in [9.17, 15) is 9.59 Å². The minimum absolute atomic E-state index is 0.00603. The summed E-state index contributed by atoms with van der Waals surface area (Å²) >= 11 is 0. The summed E-state index contributed by atoms with van der Waals surface area (Å²) < 4.78 is 11.5. The Morgan fingerprint density at radius 1 is 1.11 bits per heavy atom. The van der Waals surface area contributed by atoms with Crippen LogP contribution in [-0.2, 0) is 0 Å². The smallest absolute Gasteiger partial charge is 0.253 e. The molecule has 2 aromatic rings. The van der Waals surface area contributed by atoms with Crippen molar-refractivity contribution in [1.82, 2.24) is 4.90 Å². The molecule has 0 N–H and O–H groups in total. The predicted octanol–water partition coefficient (Wildman–Crippen LogP) is 3.73. The molecule has 1 atom stereocenters. The molecule has 2 aliphatic heterocycles. The summed E-state index contributed by atoms with van der Waals surface area (Å²) in [6.07, 6.45) is 2.62. The van der Waals surface area contributed by atoms with E-state index in [0.717, 1.165) is 12.8 Å². The number of fused-ring (bicyclic) bond motifs is 1. The summed E-state index contributed by atoms with van der Waals surface area (Å²) in [5, 5.41) is 0. The lowest BCUT2D eigenvalue weighted by molar-refractivity contribution is 0.0300. The lowest BCUT2D eigenvalue weighted by Gasteiger charge is -2.37. The fourth-order valence-electron chi connectivity index (χ4n) is 4.03. The standard InChI is InChI=1S/C22H23NO4/c1-26-17-7-4-6-16(14-17)21(25)23-12-5-10-22(11-13-23)15-19(24)18-8-2-3-9-20(18)27-22/h2-4,6-9,14H,5,10-13,15H2,1H3. The maximum atomic E-state index is 12.9. The molecule has 0 aromatic heterocycles. The Hall–Kier alpha value is -2.82. The molecular weight excluding hydrogens is 342 g/mol. The van der Waals surface area contributed by atoms with Gasteiger partial charge in [0, 0.05) is 25.1 Å². The fourth-order valence-corrected chi connectivity index (χ4v) is 4.03. The lowest BCUT2D eigenvalue weighted by atomic mass is 9.84. The van der Waals surface area contributed by atoms with Gasteiger partial charge in [0.15, 0.2) is 5.78 Å². The quantitative estimate of drug-likeness (QED) is 0.814. The number of hydrogen-bond acceptors (Lipinski definition) is 4. The zero-order chi connectivity index (χ0) is 18.9. The summed E-state index contributed by atoms with van der Waals surface area (Å²) in [7, 11) is 1.59. The third-order valence-corrected chi connectivity index (χ3v) is 5.50. The van der Waals surface area contributed by atoms with E-state index in [2.05, 4.69) is 0 Å². The van der Waals surface area contributed by atoms with Crippen LogP contribution in [0.3, 0.4) is 0 Å². The van der Waals surface area contributed by atoms with Crippen LogP contribution in [-0.4, -0.2) is 42.4 Å². The maximum Gasteiger partial charge on any atom is 0.253 e. The number of nitrogens with zero attached hydrogens (tertiary/aromatic N) is 1. The van der Waals surface area contributed by atoms with Crippen molar-refractivity contribution in [3.63, 3.8) is 0 Å². The van der Waals surface area contributed by atoms with Gasteiger partial charge in [-0.25, -0.2) is 0 Å². The highest BCUT2D eigenvalue weighted by Gasteiger charge is 2.42. The van der Waals surface area contributed by atoms with Crippen molar-refractivity contribution in [1.29, 1.82) is 0 Å². The highest BCUT2D eigenvalue weighted by atomic mass is 16.5. The molecule has 1 fully saturated rings. The number of ether oxygens (including phenoxy) is 2. The molecule has 140 valence electrons. The monoisotopic (exact) mass is 365 g/mol. The van der Waals surface area contributed by atoms with Crippen molar-refractivity contribution in [3.8, 4) is 11.5 Å². The van der Waals surface area contributed by atoms with Gasteiger partial charge in [-0.05, 0) is 43.2 Å². The van der Waals surface area contributed by atoms with Crippen molar-refractivity contribution in [2.75, 3.05) is 20.2 Å². The minimum Gasteiger partial charge on any atom is -0.497 e. The Balaban J connectivity index is 1.51. The highest BCUT2D eigenvalue weighted by molar-refractivity contribution is 6.00. The van der Waals surface area contributed by atoms with Crippen LogP contribution in [0.15, 0.2) is 48.5 Å². The Bertz CT molecular complexity index is 878. The molecule has 2 aliphatic rings. The van der Waals surface area contributed by atoms with Crippen LogP contribution in [0, 0.1) is 0 Å². The number of carbonyl (C=O) groups is 2. The number of amides is 1. The third kappa shape index (κ3) is 3.42. The zero-order valence-electron chi connectivity index (χ0n) is 15.4. The van der Waals surface area contributed by atoms with E-state index in [0.29, 0.717) is 48.6 Å². The van der Waals surface area contributed by atoms with Gasteiger partial charge in [-0.3, -0.25) is 9.59 Å². The molecule has 1 saturated heterocycles. The number of benzene rings is 2. The molecule has 27 heavy (non-hydrogen) atoms. The summed E-state index contributed by atoms with van der Waals surface area (Å²) in [6, 6.07) is 14.7. The topological polar surface area (TPSA) is 55.8 Å². The number of hydrogen-bond donors (Lipinski definition) is 0. The first-order chi connectivity index (χ1) is 13.1. The minimum atomic E-state index is -0.505. The fraction of sp³-hybridized carbons (Fsp3) is 0.364. The molecule has 2 aromatic carbocycles. The normalized spacial score (nSPS) is 22.0. The molecule has 0 saturated carbocycles. The first-order valence-corrected chi connectivity index (χ1v) is 9.35. The number of ketones is 1. The molecule has 2 heterocycles. The van der Waals surface area contributed by atoms with E-state index < -0.39 is 5.60 Å². The van der Waals surface area contributed by atoms with Crippen LogP contribution in [0.25, 0.3) is 0 Å². The highest BCUT2D eigenvalue weighted by Crippen LogP contribution is 2.39. The van der Waals surface area contributed by atoms with Gasteiger partial charge in [0.05, 0.1) is 19.1 Å². The number of carbonyl (C=O) groups excluding carboxylic acids is 2. The average Bonchev–Trinajstić information content (AvgIpc) is 2.90. The van der Waals surface area contributed by atoms with Crippen LogP contribution < -0.4 is 9.47 Å². The van der Waals surface area contributed by atoms with Crippen LogP contribution in [0.5, 0.6) is 11.5 Å². The van der Waals surface area contributed by atoms with Gasteiger partial charge in [0.2, 0.25) is 0 Å². The molecule has 0 bridgehead atoms. The van der Waals surface area contributed by atoms with Crippen LogP contribution in [0.2, 0.25) is 0 Å². The number of likely N-dealkylation sites (tertiary alicyclic amines) is 1. The number of Topliss-reactive ketones (excluding diaryl/α,β-unsaturated/α-hetero) is 1. The van der Waals surface area contributed by atoms with E-state index in [1.807, 2.05) is 47.4 Å². The van der Waals surface area contributed by atoms with Gasteiger partial charge in [0.1, 0.15) is 17.1 Å². The predicted molar refractivity (Wildman–Crippen MR) is 101 cm³/mol. The van der Waals surface area contributed by atoms with E-state index in [1.165, 1.54) is 0 Å². The van der Waals surface area contributed by atoms with Gasteiger partial charge in [-0.1, -0.05) is 18.2 Å². The Kier molecular flexibility index (Phi) is 4.60. The van der Waals surface area contributed by atoms with Gasteiger partial charge < -0.3 is 14.4 Å². The van der Waals surface area contributed by atoms with E-state index in [1.54, 1.807) is 13.2 Å². The van der Waals surface area contributed by atoms with E-state index in [-0.39, 0.29) is 11.7 Å². The maximum absolute atomic E-state index is 12.9. The third-order valence-electron chi connectivity index (χ3n) is 5.50. The van der Waals surface area contributed by atoms with Gasteiger partial charge >= 0.3 is 0 Å². The van der Waals surface area contributed by atoms with Crippen molar-refractivity contribution in [2.24, 2.45) is 0 Å². The van der Waals surface area contributed by atoms with Gasteiger partial charge in [0.25, 0.3) is 5.91 Å². The lowest BCUT2D eigenvalue weighted by Crippen LogP contribution is -2.43. The van der Waals surface area contributed by atoms with E-state index in [4.69, 9.17) is 9.47 Å². The number of para-hydroxylation sites is 1. The Labute approximate surface area is 158 Å². The summed E-state index contributed by atoms with van der Waals surface area (Å²) in [5.41, 5.74) is 0.780. The Morgan fingerprint density at radius 3 is 2.81 bits per heavy atom. The molecular formula is C22H23NO4. The van der Waals surface area contributed by atoms with Gasteiger partial charge in [-0.15, -0.1) is 0 Å².